The Balaban J connectivity index is 0.000000531. The number of carboxylic acid groups (broad SMARTS) is 1. The fourth-order valence-electron chi connectivity index (χ4n) is 1.18. The van der Waals surface area contributed by atoms with Gasteiger partial charge in [-0.25, -0.2) is 4.79 Å². The Morgan fingerprint density at radius 3 is 2.40 bits per heavy atom. The van der Waals surface area contributed by atoms with E-state index in [9.17, 15) is 4.79 Å². The maximum Gasteiger partial charge on any atom is 0.335 e. The second-order valence-corrected chi connectivity index (χ2v) is 2.66. The van der Waals surface area contributed by atoms with Gasteiger partial charge in [-0.2, -0.15) is 0 Å². The summed E-state index contributed by atoms with van der Waals surface area (Å²) in [4.78, 5) is 18.6. The van der Waals surface area contributed by atoms with E-state index in [0.29, 0.717) is 24.7 Å². The molecule has 0 amide bonds. The third-order valence-corrected chi connectivity index (χ3v) is 1.79. The lowest BCUT2D eigenvalue weighted by molar-refractivity contribution is -0.0980. The molecule has 1 aromatic rings. The molecule has 0 radical (unpaired) electrons. The van der Waals surface area contributed by atoms with E-state index in [-0.39, 0.29) is 5.56 Å². The first-order valence-electron chi connectivity index (χ1n) is 4.19. The summed E-state index contributed by atoms with van der Waals surface area (Å²) < 4.78 is 10.5. The fourth-order valence-corrected chi connectivity index (χ4v) is 1.18. The minimum atomic E-state index is -0.961. The normalized spacial score (nSPS) is 12.3. The summed E-state index contributed by atoms with van der Waals surface area (Å²) in [6, 6.07) is 4.57. The molecule has 5 nitrogen and oxygen atoms in total. The van der Waals surface area contributed by atoms with E-state index in [4.69, 9.17) is 19.4 Å². The van der Waals surface area contributed by atoms with Crippen LogP contribution in [-0.2, 0) is 4.79 Å². The Bertz CT molecular complexity index is 361. The number of carbonyl (C=O) groups is 2. The van der Waals surface area contributed by atoms with E-state index in [1.807, 2.05) is 6.79 Å². The van der Waals surface area contributed by atoms with Crippen molar-refractivity contribution >= 4 is 12.8 Å². The number of ether oxygens (including phenoxy) is 2. The molecule has 1 aliphatic heterocycles. The summed E-state index contributed by atoms with van der Waals surface area (Å²) in [6.07, 6.45) is 0. The van der Waals surface area contributed by atoms with Crippen LogP contribution in [0.5, 0.6) is 11.5 Å². The van der Waals surface area contributed by atoms with Crippen LogP contribution in [-0.4, -0.2) is 31.1 Å². The standard InChI is InChI=1S/C9H8O4.CH2O/c10-9(11)6-1-2-7-8(5-6)13-4-3-12-7;1-2/h1-2,5H,3-4H2,(H,10,11);1H2. The summed E-state index contributed by atoms with van der Waals surface area (Å²) in [5, 5.41) is 8.69. The van der Waals surface area contributed by atoms with E-state index >= 15 is 0 Å². The quantitative estimate of drug-likeness (QED) is 0.747. The number of hydrogen-bond acceptors (Lipinski definition) is 4. The number of carboxylic acids is 1. The maximum atomic E-state index is 10.6. The second kappa shape index (κ2) is 4.99. The van der Waals surface area contributed by atoms with Crippen LogP contribution in [0.4, 0.5) is 0 Å². The fraction of sp³-hybridized carbons (Fsp3) is 0.200. The molecule has 0 saturated carbocycles. The molecule has 0 atom stereocenters. The molecule has 0 aliphatic carbocycles. The molecule has 0 fully saturated rings. The highest BCUT2D eigenvalue weighted by atomic mass is 16.6. The van der Waals surface area contributed by atoms with Gasteiger partial charge in [-0.3, -0.25) is 0 Å². The first-order chi connectivity index (χ1) is 7.27. The van der Waals surface area contributed by atoms with E-state index in [0.717, 1.165) is 0 Å². The van der Waals surface area contributed by atoms with Gasteiger partial charge in [-0.05, 0) is 18.2 Å². The second-order valence-electron chi connectivity index (χ2n) is 2.66. The highest BCUT2D eigenvalue weighted by molar-refractivity contribution is 5.88. The van der Waals surface area contributed by atoms with Crippen LogP contribution in [0, 0.1) is 0 Å². The number of carbonyl (C=O) groups excluding carboxylic acids is 1. The van der Waals surface area contributed by atoms with Crippen molar-refractivity contribution in [3.8, 4) is 11.5 Å². The molecule has 0 aromatic heterocycles. The number of benzene rings is 1. The average molecular weight is 210 g/mol. The lowest BCUT2D eigenvalue weighted by Crippen LogP contribution is -2.15. The van der Waals surface area contributed by atoms with Crippen molar-refractivity contribution in [1.82, 2.24) is 0 Å². The maximum absolute atomic E-state index is 10.6. The molecule has 1 aromatic carbocycles. The third-order valence-electron chi connectivity index (χ3n) is 1.79. The third kappa shape index (κ3) is 2.46. The summed E-state index contributed by atoms with van der Waals surface area (Å²) in [5.74, 6) is 0.152. The molecule has 0 unspecified atom stereocenters. The summed E-state index contributed by atoms with van der Waals surface area (Å²) >= 11 is 0. The van der Waals surface area contributed by atoms with Crippen LogP contribution in [0.2, 0.25) is 0 Å². The van der Waals surface area contributed by atoms with Gasteiger partial charge in [0.2, 0.25) is 0 Å². The summed E-state index contributed by atoms with van der Waals surface area (Å²) in [6.45, 7) is 2.98. The molecule has 0 saturated heterocycles. The van der Waals surface area contributed by atoms with Gasteiger partial charge in [0.25, 0.3) is 0 Å². The monoisotopic (exact) mass is 210 g/mol. The first kappa shape index (κ1) is 11.0. The topological polar surface area (TPSA) is 72.8 Å². The van der Waals surface area contributed by atoms with Crippen LogP contribution in [0.15, 0.2) is 18.2 Å². The minimum Gasteiger partial charge on any atom is -0.486 e. The highest BCUT2D eigenvalue weighted by Crippen LogP contribution is 2.30. The van der Waals surface area contributed by atoms with Crippen molar-refractivity contribution in [2.45, 2.75) is 0 Å². The average Bonchev–Trinajstić information content (AvgIpc) is 2.31. The van der Waals surface area contributed by atoms with Crippen molar-refractivity contribution in [3.63, 3.8) is 0 Å². The number of fused-ring (bicyclic) bond motifs is 1. The smallest absolute Gasteiger partial charge is 0.335 e. The lowest BCUT2D eigenvalue weighted by Gasteiger charge is -2.18. The van der Waals surface area contributed by atoms with Gasteiger partial charge in [0, 0.05) is 0 Å². The molecule has 0 bridgehead atoms. The van der Waals surface area contributed by atoms with E-state index in [1.165, 1.54) is 12.1 Å². The molecular formula is C10H10O5. The Labute approximate surface area is 86.2 Å². The number of hydrogen-bond donors (Lipinski definition) is 1. The number of rotatable bonds is 1. The predicted octanol–water partition coefficient (Wildman–Crippen LogP) is 0.971. The summed E-state index contributed by atoms with van der Waals surface area (Å²) in [7, 11) is 0. The van der Waals surface area contributed by atoms with Crippen molar-refractivity contribution in [2.24, 2.45) is 0 Å². The predicted molar refractivity (Wildman–Crippen MR) is 51.5 cm³/mol. The van der Waals surface area contributed by atoms with Crippen LogP contribution in [0.1, 0.15) is 10.4 Å². The zero-order chi connectivity index (χ0) is 11.3. The Hall–Kier alpha value is -2.04. The largest absolute Gasteiger partial charge is 0.486 e. The molecule has 5 heteroatoms. The van der Waals surface area contributed by atoms with Gasteiger partial charge in [0.05, 0.1) is 5.56 Å². The van der Waals surface area contributed by atoms with Gasteiger partial charge < -0.3 is 19.4 Å². The lowest BCUT2D eigenvalue weighted by atomic mass is 10.2. The van der Waals surface area contributed by atoms with E-state index in [2.05, 4.69) is 0 Å². The van der Waals surface area contributed by atoms with E-state index < -0.39 is 5.97 Å². The molecule has 2 rings (SSSR count). The number of aromatic carboxylic acids is 1. The Morgan fingerprint density at radius 1 is 1.20 bits per heavy atom. The Kier molecular flexibility index (Phi) is 3.68. The van der Waals surface area contributed by atoms with Crippen molar-refractivity contribution in [1.29, 1.82) is 0 Å². The van der Waals surface area contributed by atoms with Crippen molar-refractivity contribution < 1.29 is 24.2 Å². The first-order valence-corrected chi connectivity index (χ1v) is 4.19. The Morgan fingerprint density at radius 2 is 1.80 bits per heavy atom. The van der Waals surface area contributed by atoms with Gasteiger partial charge in [0.15, 0.2) is 11.5 Å². The van der Waals surface area contributed by atoms with Crippen molar-refractivity contribution in [3.05, 3.63) is 23.8 Å². The van der Waals surface area contributed by atoms with Gasteiger partial charge in [0.1, 0.15) is 20.0 Å². The molecule has 1 heterocycles. The van der Waals surface area contributed by atoms with Crippen LogP contribution in [0.3, 0.4) is 0 Å². The molecule has 1 N–H and O–H groups in total. The molecule has 1 aliphatic rings. The van der Waals surface area contributed by atoms with Crippen LogP contribution < -0.4 is 9.47 Å². The van der Waals surface area contributed by atoms with Crippen LogP contribution >= 0.6 is 0 Å². The summed E-state index contributed by atoms with van der Waals surface area (Å²) in [5.41, 5.74) is 0.212. The molecule has 0 spiro atoms. The minimum absolute atomic E-state index is 0.212. The van der Waals surface area contributed by atoms with Crippen molar-refractivity contribution in [2.75, 3.05) is 13.2 Å². The van der Waals surface area contributed by atoms with E-state index in [1.54, 1.807) is 6.07 Å². The molecular weight excluding hydrogens is 200 g/mol. The van der Waals surface area contributed by atoms with Gasteiger partial charge >= 0.3 is 5.97 Å². The molecule has 80 valence electrons. The van der Waals surface area contributed by atoms with Gasteiger partial charge in [-0.15, -0.1) is 0 Å². The van der Waals surface area contributed by atoms with Gasteiger partial charge in [-0.1, -0.05) is 0 Å². The molecule has 15 heavy (non-hydrogen) atoms. The zero-order valence-corrected chi connectivity index (χ0v) is 7.93. The highest BCUT2D eigenvalue weighted by Gasteiger charge is 2.13. The SMILES string of the molecule is C=O.O=C(O)c1ccc2c(c1)OCCO2. The zero-order valence-electron chi connectivity index (χ0n) is 7.93. The van der Waals surface area contributed by atoms with Crippen LogP contribution in [0.25, 0.3) is 0 Å².